The molecule has 135 heavy (non-hydrogen) atoms. The van der Waals surface area contributed by atoms with Crippen LogP contribution in [0.2, 0.25) is 0 Å². The first-order valence-electron chi connectivity index (χ1n) is 50.2. The Morgan fingerprint density at radius 3 is 0.874 bits per heavy atom. The van der Waals surface area contributed by atoms with Crippen molar-refractivity contribution in [3.05, 3.63) is 117 Å². The van der Waals surface area contributed by atoms with E-state index in [1.165, 1.54) is 59.0 Å². The van der Waals surface area contributed by atoms with Gasteiger partial charge in [-0.1, -0.05) is 150 Å². The van der Waals surface area contributed by atoms with Crippen LogP contribution in [0.1, 0.15) is 319 Å². The molecule has 0 spiro atoms. The van der Waals surface area contributed by atoms with Gasteiger partial charge in [0.05, 0.1) is 133 Å². The number of ether oxygens (including phenoxy) is 11. The summed E-state index contributed by atoms with van der Waals surface area (Å²) in [5.74, 6) is 6.09. The molecule has 10 heterocycles. The van der Waals surface area contributed by atoms with Crippen molar-refractivity contribution in [1.82, 2.24) is 4.90 Å². The van der Waals surface area contributed by atoms with Crippen LogP contribution in [-0.2, 0) is 95.3 Å². The maximum atomic E-state index is 12.8. The van der Waals surface area contributed by atoms with Crippen molar-refractivity contribution < 1.29 is 110 Å². The van der Waals surface area contributed by atoms with E-state index < -0.39 is 6.04 Å². The van der Waals surface area contributed by atoms with E-state index >= 15 is 0 Å². The number of fused-ring (bicyclic) bond motifs is 1. The van der Waals surface area contributed by atoms with Crippen molar-refractivity contribution in [3.8, 4) is 0 Å². The summed E-state index contributed by atoms with van der Waals surface area (Å²) in [6.45, 7) is 65.1. The molecular formula is C111H179NO23. The molecule has 17 unspecified atom stereocenters. The molecule has 33 atom stereocenters. The number of nitrogens with zero attached hydrogens (tertiary/aromatic N) is 1. The number of aliphatic hydroxyl groups is 1. The highest BCUT2D eigenvalue weighted by atomic mass is 16.7. The van der Waals surface area contributed by atoms with E-state index in [4.69, 9.17) is 57.2 Å². The van der Waals surface area contributed by atoms with E-state index in [-0.39, 0.29) is 116 Å². The van der Waals surface area contributed by atoms with Gasteiger partial charge in [0.25, 0.3) is 11.8 Å². The molecule has 0 radical (unpaired) electrons. The third-order valence-electron chi connectivity index (χ3n) is 28.2. The predicted molar refractivity (Wildman–Crippen MR) is 534 cm³/mol. The minimum Gasteiger partial charge on any atom is -0.393 e. The quantitative estimate of drug-likeness (QED) is 0.0214. The number of carbonyl (C=O) groups is 11. The molecule has 2 amide bonds. The number of allylic oxidation sites excluding steroid dienone is 3. The van der Waals surface area contributed by atoms with E-state index in [1.807, 2.05) is 109 Å². The third kappa shape index (κ3) is 43.4. The van der Waals surface area contributed by atoms with Gasteiger partial charge in [-0.15, -0.1) is 0 Å². The van der Waals surface area contributed by atoms with Crippen LogP contribution in [0, 0.1) is 76.9 Å². The summed E-state index contributed by atoms with van der Waals surface area (Å²) in [6, 6.07) is 6.50. The molecular weight excluding hydrogens is 1720 g/mol. The first-order valence-corrected chi connectivity index (χ1v) is 50.2. The van der Waals surface area contributed by atoms with E-state index in [0.717, 1.165) is 67.7 Å². The van der Waals surface area contributed by atoms with Gasteiger partial charge in [0, 0.05) is 101 Å². The van der Waals surface area contributed by atoms with Crippen LogP contribution in [0.3, 0.4) is 0 Å². The Balaban J connectivity index is 0.000000516. The van der Waals surface area contributed by atoms with Crippen LogP contribution in [0.5, 0.6) is 0 Å². The number of hydrogen-bond donors (Lipinski definition) is 1. The molecule has 0 aromatic heterocycles. The van der Waals surface area contributed by atoms with Gasteiger partial charge in [-0.05, 0) is 244 Å². The van der Waals surface area contributed by atoms with Gasteiger partial charge >= 0.3 is 0 Å². The Labute approximate surface area is 812 Å². The minimum absolute atomic E-state index is 0.0219. The van der Waals surface area contributed by atoms with Crippen LogP contribution in [0.15, 0.2) is 106 Å². The van der Waals surface area contributed by atoms with Crippen LogP contribution in [0.25, 0.3) is 0 Å². The van der Waals surface area contributed by atoms with Crippen LogP contribution >= 0.6 is 0 Å². The van der Waals surface area contributed by atoms with E-state index in [2.05, 4.69) is 135 Å². The normalized spacial score (nSPS) is 34.5. The van der Waals surface area contributed by atoms with Crippen molar-refractivity contribution >= 4 is 68.4 Å². The predicted octanol–water partition coefficient (Wildman–Crippen LogP) is 20.8. The Kier molecular flexibility index (Phi) is 60.6. The lowest BCUT2D eigenvalue weighted by atomic mass is 9.85. The van der Waals surface area contributed by atoms with Gasteiger partial charge in [-0.25, -0.2) is 0 Å². The molecule has 1 aromatic carbocycles. The Bertz CT molecular complexity index is 3540. The highest BCUT2D eigenvalue weighted by Gasteiger charge is 2.45. The molecule has 24 heteroatoms. The second-order valence-electron chi connectivity index (χ2n) is 39.7. The molecule has 0 bridgehead atoms. The summed E-state index contributed by atoms with van der Waals surface area (Å²) in [5.41, 5.74) is 7.63. The lowest BCUT2D eigenvalue weighted by Crippen LogP contribution is -2.49. The second-order valence-corrected chi connectivity index (χ2v) is 39.7. The summed E-state index contributed by atoms with van der Waals surface area (Å²) < 4.78 is 62.9. The topological polar surface area (TPSA) is 313 Å². The Morgan fingerprint density at radius 2 is 0.630 bits per heavy atom. The van der Waals surface area contributed by atoms with Gasteiger partial charge in [0.2, 0.25) is 0 Å². The molecule has 4 saturated heterocycles. The molecule has 1 N–H and O–H groups in total. The van der Waals surface area contributed by atoms with Gasteiger partial charge in [-0.3, -0.25) is 19.3 Å². The summed E-state index contributed by atoms with van der Waals surface area (Å²) >= 11 is 0. The highest BCUT2D eigenvalue weighted by molar-refractivity contribution is 6.21. The maximum absolute atomic E-state index is 12.8. The third-order valence-corrected chi connectivity index (χ3v) is 28.2. The fraction of sp³-hybridized carbons (Fsp3) is 0.721. The standard InChI is InChI=1S/C21H27NO5.4C10H18O2.5C10H16O2/c1-5-25-19(26-6-2)12-18-13(3)11-17(14(4)27-18)22-20(23)15-9-7-8-10-16(15)21(22)24;8*1-7-6-8(2)10(4-5-11)12-9(7)3;1-8(5-4-6-11)7-9(2)10(3)12/h7-11,14,17-19H,5-6,12H2,1-4H3;4*5,7-10H,4,6H2,1-3H3;4*5-7,9-10H,4H2,1-3H3;4-7,9-10,12H,1-3H3/b;;;;;;;;;5-4+,8-7-/t;7-,8+,9-,10+;7-,8-,9-,10+;;;7-,9-,10+;7-,9-,10-;;;9-,10-/m.11..11..1/s1. The summed E-state index contributed by atoms with van der Waals surface area (Å²) in [5, 5.41) is 9.16. The largest absolute Gasteiger partial charge is 0.393 e. The highest BCUT2D eigenvalue weighted by Crippen LogP contribution is 2.38. The van der Waals surface area contributed by atoms with Crippen LogP contribution in [0.4, 0.5) is 0 Å². The zero-order valence-corrected chi connectivity index (χ0v) is 88.2. The van der Waals surface area contributed by atoms with Crippen molar-refractivity contribution in [2.45, 2.75) is 426 Å². The van der Waals surface area contributed by atoms with Crippen molar-refractivity contribution in [3.63, 3.8) is 0 Å². The number of rotatable bonds is 27. The molecule has 24 nitrogen and oxygen atoms in total. The molecule has 10 aliphatic heterocycles. The number of amides is 2. The average Bonchev–Trinajstić information content (AvgIpc) is 1.61. The number of imide groups is 1. The number of hydrogen-bond acceptors (Lipinski definition) is 23. The smallest absolute Gasteiger partial charge is 0.262 e. The van der Waals surface area contributed by atoms with Crippen LogP contribution in [-0.4, -0.2) is 220 Å². The maximum Gasteiger partial charge on any atom is 0.262 e. The molecule has 4 fully saturated rings. The van der Waals surface area contributed by atoms with E-state index in [1.54, 1.807) is 37.3 Å². The zero-order chi connectivity index (χ0) is 102. The van der Waals surface area contributed by atoms with E-state index in [0.29, 0.717) is 178 Å². The second kappa shape index (κ2) is 65.9. The molecule has 766 valence electrons. The fourth-order valence-electron chi connectivity index (χ4n) is 17.8. The average molecular weight is 1900 g/mol. The monoisotopic (exact) mass is 1890 g/mol. The molecule has 11 rings (SSSR count). The van der Waals surface area contributed by atoms with E-state index in [9.17, 15) is 52.7 Å². The lowest BCUT2D eigenvalue weighted by molar-refractivity contribution is -0.161. The SMILES string of the molecule is CC(=C/[C@@H](C)[C@@H](C)O)/C=C/C=O.CC1=CC(C)C(C)OC1CC=O.CC1=CC(C)C(C)OC1CC=O.CC1=C[C@@H](C)[C@@H](C)O[C@@H]1CC=O.CC1=C[C@@H](C)[C@@H](C)O[C@H]1CC=O.CC1CC(C)C(CC=O)OC1C.CC1CC(C)C(CC=O)OC1C.CCOC(CC1OC(C)C(N2C(=O)c3ccccc3C2=O)C=C1C)OCC.C[C@@H]1C[C@@H](C)[C@@H](C)O[C@H]1CC=O.C[C@@H]1C[C@H](C)[C@H](CC=O)O[C@@H]1C. The number of aliphatic hydroxyl groups excluding tert-OH is 1. The minimum atomic E-state index is -0.425. The van der Waals surface area contributed by atoms with Gasteiger partial charge in [-0.2, -0.15) is 0 Å². The molecule has 10 aliphatic rings. The fourth-order valence-corrected chi connectivity index (χ4v) is 17.8. The number of carbonyl (C=O) groups excluding carboxylic acids is 11. The lowest BCUT2D eigenvalue weighted by Gasteiger charge is -2.37. The first kappa shape index (κ1) is 124. The molecule has 0 saturated carbocycles. The number of aldehydes is 9. The summed E-state index contributed by atoms with van der Waals surface area (Å²) in [4.78, 5) is 119. The first-order chi connectivity index (χ1) is 63.7. The summed E-state index contributed by atoms with van der Waals surface area (Å²) in [6.07, 6.45) is 35.3. The van der Waals surface area contributed by atoms with Crippen molar-refractivity contribution in [1.29, 1.82) is 0 Å². The van der Waals surface area contributed by atoms with Gasteiger partial charge < -0.3 is 95.6 Å². The molecule has 0 aliphatic carbocycles. The van der Waals surface area contributed by atoms with Crippen molar-refractivity contribution in [2.75, 3.05) is 13.2 Å². The van der Waals surface area contributed by atoms with Gasteiger partial charge in [0.15, 0.2) is 6.29 Å². The molecule has 1 aromatic rings. The number of benzene rings is 1. The summed E-state index contributed by atoms with van der Waals surface area (Å²) in [7, 11) is 0. The zero-order valence-electron chi connectivity index (χ0n) is 88.2. The Hall–Kier alpha value is -6.91. The Morgan fingerprint density at radius 1 is 0.370 bits per heavy atom. The van der Waals surface area contributed by atoms with Crippen molar-refractivity contribution in [2.24, 2.45) is 76.9 Å². The van der Waals surface area contributed by atoms with Crippen LogP contribution < -0.4 is 0 Å². The van der Waals surface area contributed by atoms with Gasteiger partial charge in [0.1, 0.15) is 56.6 Å².